The standard InChI is InChI=1S/C59H100O6/c1-4-7-10-13-16-19-22-25-28-29-32-34-37-40-43-46-49-52-58(61)64-55-56(65-59(62)53-50-47-44-41-38-35-31-27-24-21-18-15-12-9-6-3)54-63-57(60)51-48-45-42-39-36-33-30-26-23-20-17-14-11-8-5-2/h9,12,18,21,25-28,30-31,38,41,47,50,56H,4-8,10-11,13-17,19-20,22-24,29,32-37,39-40,42-46,48-49,51-55H2,1-3H3/b12-9-,21-18-,28-25-,30-26-,31-27-,41-38-,50-47-. The summed E-state index contributed by atoms with van der Waals surface area (Å²) in [5.41, 5.74) is 0. The molecule has 0 aliphatic heterocycles. The second-order valence-corrected chi connectivity index (χ2v) is 17.8. The van der Waals surface area contributed by atoms with Gasteiger partial charge in [-0.1, -0.05) is 221 Å². The average molecular weight is 905 g/mol. The van der Waals surface area contributed by atoms with Crippen LogP contribution in [0.15, 0.2) is 85.1 Å². The van der Waals surface area contributed by atoms with Gasteiger partial charge in [0.25, 0.3) is 0 Å². The highest BCUT2D eigenvalue weighted by Gasteiger charge is 2.19. The van der Waals surface area contributed by atoms with Crippen LogP contribution >= 0.6 is 0 Å². The van der Waals surface area contributed by atoms with E-state index < -0.39 is 12.1 Å². The minimum absolute atomic E-state index is 0.0940. The molecule has 0 aliphatic rings. The molecule has 0 bridgehead atoms. The van der Waals surface area contributed by atoms with Gasteiger partial charge in [0.2, 0.25) is 0 Å². The highest BCUT2D eigenvalue weighted by Crippen LogP contribution is 2.14. The summed E-state index contributed by atoms with van der Waals surface area (Å²) in [6.07, 6.45) is 68.8. The van der Waals surface area contributed by atoms with Gasteiger partial charge in [-0.15, -0.1) is 0 Å². The lowest BCUT2D eigenvalue weighted by Gasteiger charge is -2.18. The van der Waals surface area contributed by atoms with Crippen molar-refractivity contribution in [3.8, 4) is 0 Å². The van der Waals surface area contributed by atoms with Gasteiger partial charge < -0.3 is 14.2 Å². The molecule has 0 aliphatic carbocycles. The van der Waals surface area contributed by atoms with Gasteiger partial charge in [-0.25, -0.2) is 0 Å². The minimum atomic E-state index is -0.836. The van der Waals surface area contributed by atoms with Crippen LogP contribution in [0, 0.1) is 0 Å². The Balaban J connectivity index is 4.50. The van der Waals surface area contributed by atoms with Crippen molar-refractivity contribution in [2.75, 3.05) is 13.2 Å². The molecule has 0 fully saturated rings. The maximum Gasteiger partial charge on any atom is 0.310 e. The zero-order chi connectivity index (χ0) is 47.2. The van der Waals surface area contributed by atoms with Gasteiger partial charge in [0.15, 0.2) is 6.10 Å². The number of ether oxygens (including phenoxy) is 3. The molecule has 0 rings (SSSR count). The van der Waals surface area contributed by atoms with Crippen LogP contribution in [0.4, 0.5) is 0 Å². The summed E-state index contributed by atoms with van der Waals surface area (Å²) in [5.74, 6) is -1.06. The van der Waals surface area contributed by atoms with E-state index >= 15 is 0 Å². The summed E-state index contributed by atoms with van der Waals surface area (Å²) in [7, 11) is 0. The first kappa shape index (κ1) is 61.6. The van der Waals surface area contributed by atoms with Crippen LogP contribution in [0.25, 0.3) is 0 Å². The van der Waals surface area contributed by atoms with E-state index in [9.17, 15) is 14.4 Å². The Hall–Kier alpha value is -3.41. The van der Waals surface area contributed by atoms with E-state index in [-0.39, 0.29) is 31.6 Å². The number of allylic oxidation sites excluding steroid dienone is 13. The van der Waals surface area contributed by atoms with E-state index in [1.54, 1.807) is 6.08 Å². The van der Waals surface area contributed by atoms with Crippen molar-refractivity contribution in [2.24, 2.45) is 0 Å². The number of hydrogen-bond donors (Lipinski definition) is 0. The summed E-state index contributed by atoms with van der Waals surface area (Å²) in [4.78, 5) is 38.0. The molecule has 0 N–H and O–H groups in total. The van der Waals surface area contributed by atoms with Crippen molar-refractivity contribution >= 4 is 17.9 Å². The first-order valence-electron chi connectivity index (χ1n) is 27.1. The van der Waals surface area contributed by atoms with Crippen molar-refractivity contribution in [1.29, 1.82) is 0 Å². The third-order valence-corrected chi connectivity index (χ3v) is 11.4. The maximum atomic E-state index is 12.8. The Morgan fingerprint density at radius 2 is 0.646 bits per heavy atom. The zero-order valence-corrected chi connectivity index (χ0v) is 42.5. The van der Waals surface area contributed by atoms with Gasteiger partial charge in [-0.2, -0.15) is 0 Å². The van der Waals surface area contributed by atoms with Crippen molar-refractivity contribution in [2.45, 2.75) is 258 Å². The number of unbranched alkanes of at least 4 members (excludes halogenated alkanes) is 24. The molecule has 6 nitrogen and oxygen atoms in total. The first-order valence-corrected chi connectivity index (χ1v) is 27.1. The lowest BCUT2D eigenvalue weighted by Crippen LogP contribution is -2.30. The quantitative estimate of drug-likeness (QED) is 0.0262. The number of carbonyl (C=O) groups excluding carboxylic acids is 3. The van der Waals surface area contributed by atoms with Crippen molar-refractivity contribution in [3.05, 3.63) is 85.1 Å². The number of carbonyl (C=O) groups is 3. The van der Waals surface area contributed by atoms with Crippen molar-refractivity contribution in [1.82, 2.24) is 0 Å². The van der Waals surface area contributed by atoms with Crippen LogP contribution in [0.5, 0.6) is 0 Å². The van der Waals surface area contributed by atoms with Crippen LogP contribution in [-0.2, 0) is 28.6 Å². The molecule has 0 radical (unpaired) electrons. The Morgan fingerprint density at radius 3 is 1.00 bits per heavy atom. The Morgan fingerprint density at radius 1 is 0.338 bits per heavy atom. The molecule has 0 amide bonds. The second kappa shape index (κ2) is 53.2. The molecule has 0 spiro atoms. The highest BCUT2D eigenvalue weighted by atomic mass is 16.6. The Kier molecular flexibility index (Phi) is 50.4. The molecule has 0 saturated heterocycles. The summed E-state index contributed by atoms with van der Waals surface area (Å²) >= 11 is 0. The fourth-order valence-corrected chi connectivity index (χ4v) is 7.33. The fraction of sp³-hybridized carbons (Fsp3) is 0.712. The van der Waals surface area contributed by atoms with E-state index in [0.29, 0.717) is 12.8 Å². The van der Waals surface area contributed by atoms with Crippen LogP contribution in [0.1, 0.15) is 252 Å². The molecule has 1 atom stereocenters. The van der Waals surface area contributed by atoms with E-state index in [4.69, 9.17) is 14.2 Å². The van der Waals surface area contributed by atoms with Crippen LogP contribution < -0.4 is 0 Å². The molecule has 0 saturated carbocycles. The largest absolute Gasteiger partial charge is 0.462 e. The number of rotatable bonds is 48. The van der Waals surface area contributed by atoms with Gasteiger partial charge in [0.1, 0.15) is 13.2 Å². The van der Waals surface area contributed by atoms with Crippen LogP contribution in [-0.4, -0.2) is 37.2 Å². The topological polar surface area (TPSA) is 78.9 Å². The van der Waals surface area contributed by atoms with E-state index in [0.717, 1.165) is 83.5 Å². The molecular weight excluding hydrogens is 805 g/mol. The summed E-state index contributed by atoms with van der Waals surface area (Å²) < 4.78 is 16.7. The Bertz CT molecular complexity index is 1270. The van der Waals surface area contributed by atoms with Gasteiger partial charge in [0.05, 0.1) is 6.42 Å². The molecule has 6 heteroatoms. The van der Waals surface area contributed by atoms with E-state index in [1.165, 1.54) is 128 Å². The molecule has 0 aromatic carbocycles. The minimum Gasteiger partial charge on any atom is -0.462 e. The smallest absolute Gasteiger partial charge is 0.310 e. The monoisotopic (exact) mass is 905 g/mol. The predicted octanol–water partition coefficient (Wildman–Crippen LogP) is 18.0. The molecule has 372 valence electrons. The third-order valence-electron chi connectivity index (χ3n) is 11.4. The lowest BCUT2D eigenvalue weighted by atomic mass is 10.1. The lowest BCUT2D eigenvalue weighted by molar-refractivity contribution is -0.166. The molecule has 0 heterocycles. The zero-order valence-electron chi connectivity index (χ0n) is 42.5. The van der Waals surface area contributed by atoms with E-state index in [1.807, 2.05) is 6.08 Å². The Labute approximate surface area is 401 Å². The summed E-state index contributed by atoms with van der Waals surface area (Å²) in [6.45, 7) is 6.42. The van der Waals surface area contributed by atoms with Crippen LogP contribution in [0.2, 0.25) is 0 Å². The van der Waals surface area contributed by atoms with Crippen molar-refractivity contribution in [3.63, 3.8) is 0 Å². The average Bonchev–Trinajstić information content (AvgIpc) is 3.30. The van der Waals surface area contributed by atoms with Gasteiger partial charge in [0, 0.05) is 12.8 Å². The third kappa shape index (κ3) is 51.4. The summed E-state index contributed by atoms with van der Waals surface area (Å²) in [5, 5.41) is 0. The maximum absolute atomic E-state index is 12.8. The second-order valence-electron chi connectivity index (χ2n) is 17.8. The fourth-order valence-electron chi connectivity index (χ4n) is 7.33. The normalized spacial score (nSPS) is 12.7. The predicted molar refractivity (Wildman–Crippen MR) is 279 cm³/mol. The van der Waals surface area contributed by atoms with E-state index in [2.05, 4.69) is 93.7 Å². The molecule has 65 heavy (non-hydrogen) atoms. The highest BCUT2D eigenvalue weighted by molar-refractivity contribution is 5.72. The molecule has 1 unspecified atom stereocenters. The van der Waals surface area contributed by atoms with Gasteiger partial charge in [-0.3, -0.25) is 14.4 Å². The summed E-state index contributed by atoms with van der Waals surface area (Å²) in [6, 6.07) is 0. The van der Waals surface area contributed by atoms with Crippen molar-refractivity contribution < 1.29 is 28.6 Å². The number of hydrogen-bond acceptors (Lipinski definition) is 6. The van der Waals surface area contributed by atoms with Gasteiger partial charge >= 0.3 is 17.9 Å². The first-order chi connectivity index (χ1) is 32.0. The molecule has 0 aromatic heterocycles. The number of esters is 3. The van der Waals surface area contributed by atoms with Gasteiger partial charge in [-0.05, 0) is 96.3 Å². The SMILES string of the molecule is CC/C=C\C/C=C\C/C=C\C/C=C\C/C=C\CC(=O)OC(COC(=O)CCCCCCC/C=C\CCCCCCCC)COC(=O)CCCCCCCCC/C=C\CCCCCCCC. The van der Waals surface area contributed by atoms with Crippen LogP contribution in [0.3, 0.4) is 0 Å². The molecular formula is C59H100O6. The molecule has 0 aromatic rings.